The van der Waals surface area contributed by atoms with E-state index < -0.39 is 5.97 Å². The van der Waals surface area contributed by atoms with Gasteiger partial charge in [-0.3, -0.25) is 9.78 Å². The molecule has 0 aliphatic rings. The molecule has 0 bridgehead atoms. The molecular weight excluding hydrogens is 220 g/mol. The summed E-state index contributed by atoms with van der Waals surface area (Å²) in [4.78, 5) is 10.8. The van der Waals surface area contributed by atoms with Gasteiger partial charge in [-0.15, -0.1) is 0 Å². The van der Waals surface area contributed by atoms with Crippen LogP contribution in [0, 0.1) is 5.92 Å². The van der Waals surface area contributed by atoms with Gasteiger partial charge < -0.3 is 5.11 Å². The third-order valence-corrected chi connectivity index (χ3v) is 2.33. The van der Waals surface area contributed by atoms with Gasteiger partial charge in [-0.1, -0.05) is 13.8 Å². The molecule has 2 aromatic heterocycles. The van der Waals surface area contributed by atoms with Crippen LogP contribution in [0.1, 0.15) is 24.3 Å². The Hall–Kier alpha value is -2.11. The number of aromatic carboxylic acids is 1. The summed E-state index contributed by atoms with van der Waals surface area (Å²) in [5, 5.41) is 19.5. The topological polar surface area (TPSA) is 83.8 Å². The van der Waals surface area contributed by atoms with Crippen LogP contribution in [-0.4, -0.2) is 31.1 Å². The summed E-state index contributed by atoms with van der Waals surface area (Å²) in [5.74, 6) is -0.551. The van der Waals surface area contributed by atoms with Gasteiger partial charge in [0.05, 0.1) is 5.69 Å². The van der Waals surface area contributed by atoms with E-state index in [9.17, 15) is 4.79 Å². The number of nitrogens with zero attached hydrogens (tertiary/aromatic N) is 3. The molecule has 0 aliphatic carbocycles. The number of aromatic amines is 1. The fourth-order valence-electron chi connectivity index (χ4n) is 1.60. The van der Waals surface area contributed by atoms with Crippen LogP contribution in [0.5, 0.6) is 0 Å². The van der Waals surface area contributed by atoms with Crippen LogP contribution in [0.4, 0.5) is 0 Å². The minimum atomic E-state index is -1.02. The number of carbonyl (C=O) groups is 1. The lowest BCUT2D eigenvalue weighted by Crippen LogP contribution is -2.07. The summed E-state index contributed by atoms with van der Waals surface area (Å²) < 4.78 is 1.83. The van der Waals surface area contributed by atoms with Crippen LogP contribution in [0.25, 0.3) is 11.4 Å². The lowest BCUT2D eigenvalue weighted by molar-refractivity contribution is 0.0690. The Kier molecular flexibility index (Phi) is 2.95. The third kappa shape index (κ3) is 2.35. The minimum absolute atomic E-state index is 0.0808. The lowest BCUT2D eigenvalue weighted by Gasteiger charge is -2.07. The van der Waals surface area contributed by atoms with Crippen molar-refractivity contribution in [3.8, 4) is 11.4 Å². The maximum Gasteiger partial charge on any atom is 0.353 e. The fraction of sp³-hybridized carbons (Fsp3) is 0.364. The zero-order valence-electron chi connectivity index (χ0n) is 9.71. The Balaban J connectivity index is 2.32. The smallest absolute Gasteiger partial charge is 0.353 e. The van der Waals surface area contributed by atoms with E-state index in [4.69, 9.17) is 5.11 Å². The first-order valence-corrected chi connectivity index (χ1v) is 5.39. The molecule has 2 heterocycles. The van der Waals surface area contributed by atoms with Crippen molar-refractivity contribution in [2.24, 2.45) is 5.92 Å². The Bertz CT molecular complexity index is 527. The molecule has 0 spiro atoms. The van der Waals surface area contributed by atoms with E-state index in [1.807, 2.05) is 10.7 Å². The number of nitrogens with one attached hydrogen (secondary N) is 1. The second-order valence-electron chi connectivity index (χ2n) is 4.26. The highest BCUT2D eigenvalue weighted by atomic mass is 16.4. The van der Waals surface area contributed by atoms with E-state index in [1.54, 1.807) is 6.20 Å². The van der Waals surface area contributed by atoms with Gasteiger partial charge in [-0.25, -0.2) is 4.79 Å². The maximum atomic E-state index is 10.8. The van der Waals surface area contributed by atoms with Crippen molar-refractivity contribution < 1.29 is 9.90 Å². The molecule has 6 nitrogen and oxygen atoms in total. The SMILES string of the molecule is CC(C)Cn1nccc1-c1cc(C(=O)O)[nH]n1. The van der Waals surface area contributed by atoms with E-state index in [2.05, 4.69) is 29.1 Å². The molecule has 2 aromatic rings. The van der Waals surface area contributed by atoms with Crippen LogP contribution in [0.3, 0.4) is 0 Å². The predicted molar refractivity (Wildman–Crippen MR) is 61.6 cm³/mol. The van der Waals surface area contributed by atoms with Crippen molar-refractivity contribution in [1.29, 1.82) is 0 Å². The van der Waals surface area contributed by atoms with E-state index in [-0.39, 0.29) is 5.69 Å². The number of carboxylic acids is 1. The van der Waals surface area contributed by atoms with Gasteiger partial charge in [-0.2, -0.15) is 10.2 Å². The second kappa shape index (κ2) is 4.40. The molecule has 0 unspecified atom stereocenters. The highest BCUT2D eigenvalue weighted by molar-refractivity contribution is 5.86. The molecule has 6 heteroatoms. The molecule has 0 saturated carbocycles. The van der Waals surface area contributed by atoms with Crippen molar-refractivity contribution in [3.63, 3.8) is 0 Å². The Morgan fingerprint density at radius 1 is 1.59 bits per heavy atom. The van der Waals surface area contributed by atoms with Crippen molar-refractivity contribution in [1.82, 2.24) is 20.0 Å². The molecule has 17 heavy (non-hydrogen) atoms. The first kappa shape index (κ1) is 11.4. The molecule has 0 fully saturated rings. The summed E-state index contributed by atoms with van der Waals surface area (Å²) in [5.41, 5.74) is 1.50. The fourth-order valence-corrected chi connectivity index (χ4v) is 1.60. The molecule has 2 N–H and O–H groups in total. The number of aromatic nitrogens is 4. The minimum Gasteiger partial charge on any atom is -0.477 e. The summed E-state index contributed by atoms with van der Waals surface area (Å²) >= 11 is 0. The normalized spacial score (nSPS) is 11.0. The molecular formula is C11H14N4O2. The van der Waals surface area contributed by atoms with Gasteiger partial charge in [0.25, 0.3) is 0 Å². The van der Waals surface area contributed by atoms with Gasteiger partial charge in [0.2, 0.25) is 0 Å². The number of rotatable bonds is 4. The highest BCUT2D eigenvalue weighted by Gasteiger charge is 2.13. The average molecular weight is 234 g/mol. The van der Waals surface area contributed by atoms with Crippen LogP contribution in [0.15, 0.2) is 18.3 Å². The van der Waals surface area contributed by atoms with E-state index in [1.165, 1.54) is 6.07 Å². The number of hydrogen-bond acceptors (Lipinski definition) is 3. The Morgan fingerprint density at radius 2 is 2.35 bits per heavy atom. The average Bonchev–Trinajstić information content (AvgIpc) is 2.83. The van der Waals surface area contributed by atoms with E-state index in [0.29, 0.717) is 11.6 Å². The first-order valence-electron chi connectivity index (χ1n) is 5.39. The van der Waals surface area contributed by atoms with Gasteiger partial charge in [-0.05, 0) is 12.0 Å². The van der Waals surface area contributed by atoms with E-state index in [0.717, 1.165) is 12.2 Å². The van der Waals surface area contributed by atoms with Crippen molar-refractivity contribution >= 4 is 5.97 Å². The predicted octanol–water partition coefficient (Wildman–Crippen LogP) is 1.63. The summed E-state index contributed by atoms with van der Waals surface area (Å²) in [6.45, 7) is 4.97. The molecule has 0 aromatic carbocycles. The zero-order valence-corrected chi connectivity index (χ0v) is 9.71. The maximum absolute atomic E-state index is 10.8. The van der Waals surface area contributed by atoms with Crippen LogP contribution < -0.4 is 0 Å². The molecule has 90 valence electrons. The van der Waals surface area contributed by atoms with Gasteiger partial charge in [0, 0.05) is 18.8 Å². The second-order valence-corrected chi connectivity index (χ2v) is 4.26. The van der Waals surface area contributed by atoms with Gasteiger partial charge in [0.15, 0.2) is 0 Å². The standard InChI is InChI=1S/C11H14N4O2/c1-7(2)6-15-10(3-4-12-15)8-5-9(11(16)17)14-13-8/h3-5,7H,6H2,1-2H3,(H,13,14)(H,16,17). The van der Waals surface area contributed by atoms with Gasteiger partial charge in [0.1, 0.15) is 11.4 Å². The molecule has 0 atom stereocenters. The van der Waals surface area contributed by atoms with Gasteiger partial charge >= 0.3 is 5.97 Å². The molecule has 0 amide bonds. The van der Waals surface area contributed by atoms with E-state index >= 15 is 0 Å². The summed E-state index contributed by atoms with van der Waals surface area (Å²) in [7, 11) is 0. The third-order valence-electron chi connectivity index (χ3n) is 2.33. The highest BCUT2D eigenvalue weighted by Crippen LogP contribution is 2.18. The first-order chi connectivity index (χ1) is 8.08. The molecule has 2 rings (SSSR count). The van der Waals surface area contributed by atoms with Crippen LogP contribution in [-0.2, 0) is 6.54 Å². The zero-order chi connectivity index (χ0) is 12.4. The largest absolute Gasteiger partial charge is 0.477 e. The monoisotopic (exact) mass is 234 g/mol. The Labute approximate surface area is 98.3 Å². The molecule has 0 aliphatic heterocycles. The summed E-state index contributed by atoms with van der Waals surface area (Å²) in [6.07, 6.45) is 1.69. The number of H-pyrrole nitrogens is 1. The Morgan fingerprint density at radius 3 is 2.94 bits per heavy atom. The van der Waals surface area contributed by atoms with Crippen LogP contribution in [0.2, 0.25) is 0 Å². The quantitative estimate of drug-likeness (QED) is 0.842. The van der Waals surface area contributed by atoms with Crippen LogP contribution >= 0.6 is 0 Å². The lowest BCUT2D eigenvalue weighted by atomic mass is 10.2. The van der Waals surface area contributed by atoms with Crippen molar-refractivity contribution in [2.45, 2.75) is 20.4 Å². The number of carboxylic acid groups (broad SMARTS) is 1. The molecule has 0 radical (unpaired) electrons. The number of hydrogen-bond donors (Lipinski definition) is 2. The van der Waals surface area contributed by atoms with Crippen molar-refractivity contribution in [3.05, 3.63) is 24.0 Å². The van der Waals surface area contributed by atoms with Crippen molar-refractivity contribution in [2.75, 3.05) is 0 Å². The molecule has 0 saturated heterocycles. The summed E-state index contributed by atoms with van der Waals surface area (Å²) in [6, 6.07) is 3.33.